The monoisotopic (exact) mass is 577 g/mol. The number of rotatable bonds is 7. The summed E-state index contributed by atoms with van der Waals surface area (Å²) >= 11 is 7.71. The number of ether oxygens (including phenoxy) is 1. The summed E-state index contributed by atoms with van der Waals surface area (Å²) in [5.41, 5.74) is 0.883. The minimum absolute atomic E-state index is 0.102. The molecule has 3 N–H and O–H groups in total. The molecule has 4 heterocycles. The molecule has 13 heteroatoms. The first kappa shape index (κ1) is 27.7. The van der Waals surface area contributed by atoms with E-state index in [4.69, 9.17) is 21.3 Å². The van der Waals surface area contributed by atoms with Crippen molar-refractivity contribution in [3.63, 3.8) is 0 Å². The molecule has 1 aromatic carbocycles. The van der Waals surface area contributed by atoms with Crippen LogP contribution < -0.4 is 5.32 Å². The van der Waals surface area contributed by atoms with Gasteiger partial charge in [0.05, 0.1) is 23.1 Å². The smallest absolute Gasteiger partial charge is 0.338 e. The molecule has 0 bridgehead atoms. The van der Waals surface area contributed by atoms with Gasteiger partial charge in [0, 0.05) is 42.0 Å². The minimum Gasteiger partial charge on any atom is -0.481 e. The molecule has 39 heavy (non-hydrogen) atoms. The minimum atomic E-state index is -0.995. The summed E-state index contributed by atoms with van der Waals surface area (Å²) < 4.78 is 19.9. The highest BCUT2D eigenvalue weighted by Gasteiger charge is 2.50. The topological polar surface area (TPSA) is 128 Å². The molecule has 2 aromatic rings. The van der Waals surface area contributed by atoms with E-state index in [9.17, 15) is 24.2 Å². The Morgan fingerprint density at radius 1 is 1.36 bits per heavy atom. The Morgan fingerprint density at radius 3 is 2.85 bits per heavy atom. The average Bonchev–Trinajstić information content (AvgIpc) is 3.53. The third kappa shape index (κ3) is 5.19. The second-order valence-corrected chi connectivity index (χ2v) is 11.1. The summed E-state index contributed by atoms with van der Waals surface area (Å²) in [6, 6.07) is 2.95. The van der Waals surface area contributed by atoms with Crippen LogP contribution in [0.1, 0.15) is 36.4 Å². The van der Waals surface area contributed by atoms with E-state index in [2.05, 4.69) is 10.3 Å². The zero-order valence-corrected chi connectivity index (χ0v) is 23.0. The molecule has 5 rings (SSSR count). The van der Waals surface area contributed by atoms with Gasteiger partial charge in [0.1, 0.15) is 11.9 Å². The number of aromatic nitrogens is 1. The summed E-state index contributed by atoms with van der Waals surface area (Å²) in [4.78, 5) is 38.6. The number of aliphatic hydroxyl groups is 1. The molecule has 0 saturated carbocycles. The number of aliphatic hydroxyl groups excluding tert-OH is 1. The Balaban J connectivity index is 1.60. The number of amidine groups is 1. The first-order valence-electron chi connectivity index (χ1n) is 12.7. The number of nitrogens with zero attached hydrogens (tertiary/aromatic N) is 4. The summed E-state index contributed by atoms with van der Waals surface area (Å²) in [6.07, 6.45) is 1.46. The quantitative estimate of drug-likeness (QED) is 0.426. The van der Waals surface area contributed by atoms with Crippen LogP contribution in [0.4, 0.5) is 4.39 Å². The van der Waals surface area contributed by atoms with E-state index in [0.29, 0.717) is 36.1 Å². The average molecular weight is 578 g/mol. The Hall–Kier alpha value is -2.90. The van der Waals surface area contributed by atoms with Crippen LogP contribution in [0.2, 0.25) is 5.02 Å². The highest BCUT2D eigenvalue weighted by Crippen LogP contribution is 2.42. The number of nitrogens with one attached hydrogen (secondary N) is 1. The predicted octanol–water partition coefficient (Wildman–Crippen LogP) is 2.85. The lowest BCUT2D eigenvalue weighted by atomic mass is 9.76. The van der Waals surface area contributed by atoms with Crippen LogP contribution >= 0.6 is 22.9 Å². The summed E-state index contributed by atoms with van der Waals surface area (Å²) in [7, 11) is 1.76. The maximum absolute atomic E-state index is 14.5. The van der Waals surface area contributed by atoms with Crippen LogP contribution in [0, 0.1) is 17.7 Å². The van der Waals surface area contributed by atoms with Gasteiger partial charge in [0.2, 0.25) is 0 Å². The molecule has 10 nitrogen and oxygen atoms in total. The zero-order chi connectivity index (χ0) is 27.8. The van der Waals surface area contributed by atoms with Crippen molar-refractivity contribution in [1.29, 1.82) is 0 Å². The number of esters is 1. The molecule has 0 radical (unpaired) electrons. The number of carbonyl (C=O) groups is 2. The second-order valence-electron chi connectivity index (χ2n) is 9.81. The standard InChI is InChI=1S/C26H29ClFN5O5S/c1-3-38-25(36)19-16(11-13-7-9-33-17(18(13)24(34)35)12-32(2)26(33)37)30-22(23-29-8-10-39-23)31-21(19)14-5-4-6-15(28)20(14)27/h4-6,8,10,13,17-18,21,26,37H,3,7,9,11-12H2,1-2H3,(H,30,31)(H,34,35)/t13?,17-,18+,21+,26?/m1/s1. The first-order valence-corrected chi connectivity index (χ1v) is 13.9. The lowest BCUT2D eigenvalue weighted by Gasteiger charge is -2.41. The van der Waals surface area contributed by atoms with Gasteiger partial charge in [-0.25, -0.2) is 14.2 Å². The van der Waals surface area contributed by atoms with Crippen LogP contribution in [0.3, 0.4) is 0 Å². The van der Waals surface area contributed by atoms with Gasteiger partial charge in [-0.2, -0.15) is 0 Å². The fourth-order valence-electron chi connectivity index (χ4n) is 5.80. The van der Waals surface area contributed by atoms with Crippen molar-refractivity contribution in [3.8, 4) is 0 Å². The number of aliphatic carboxylic acids is 1. The van der Waals surface area contributed by atoms with Crippen molar-refractivity contribution >= 4 is 40.7 Å². The van der Waals surface area contributed by atoms with E-state index in [0.717, 1.165) is 0 Å². The number of aliphatic imine (C=N–C) groups is 1. The van der Waals surface area contributed by atoms with Crippen LogP contribution in [0.15, 0.2) is 46.0 Å². The lowest BCUT2D eigenvalue weighted by molar-refractivity contribution is -0.151. The third-order valence-corrected chi connectivity index (χ3v) is 8.73. The van der Waals surface area contributed by atoms with Crippen molar-refractivity contribution in [3.05, 3.63) is 62.5 Å². The van der Waals surface area contributed by atoms with Crippen molar-refractivity contribution in [2.45, 2.75) is 38.2 Å². The van der Waals surface area contributed by atoms with Crippen molar-refractivity contribution in [2.24, 2.45) is 16.8 Å². The molecule has 2 saturated heterocycles. The molecule has 2 fully saturated rings. The number of thiazole rings is 1. The molecule has 2 unspecified atom stereocenters. The normalized spacial score (nSPS) is 27.6. The number of piperidine rings is 1. The van der Waals surface area contributed by atoms with Crippen molar-refractivity contribution < 1.29 is 28.9 Å². The molecule has 0 amide bonds. The highest BCUT2D eigenvalue weighted by molar-refractivity contribution is 7.11. The van der Waals surface area contributed by atoms with E-state index in [1.165, 1.54) is 23.5 Å². The van der Waals surface area contributed by atoms with E-state index >= 15 is 0 Å². The molecular formula is C26H29ClFN5O5S. The third-order valence-electron chi connectivity index (χ3n) is 7.56. The van der Waals surface area contributed by atoms with Gasteiger partial charge in [0.15, 0.2) is 17.2 Å². The van der Waals surface area contributed by atoms with Crippen molar-refractivity contribution in [1.82, 2.24) is 20.1 Å². The molecule has 0 aliphatic carbocycles. The predicted molar refractivity (Wildman–Crippen MR) is 143 cm³/mol. The first-order chi connectivity index (χ1) is 18.7. The lowest BCUT2D eigenvalue weighted by Crippen LogP contribution is -2.52. The van der Waals surface area contributed by atoms with Crippen LogP contribution in [0.25, 0.3) is 0 Å². The van der Waals surface area contributed by atoms with Gasteiger partial charge in [-0.3, -0.25) is 19.6 Å². The molecular weight excluding hydrogens is 549 g/mol. The summed E-state index contributed by atoms with van der Waals surface area (Å²) in [5.74, 6) is -3.05. The van der Waals surface area contributed by atoms with Gasteiger partial charge >= 0.3 is 11.9 Å². The SMILES string of the molecule is CCOC(=O)C1=C(CC2CCN3C(O)N(C)C[C@@H]3[C@H]2C(=O)O)NC(c2nccs2)=N[C@H]1c1cccc(F)c1Cl. The number of carboxylic acids is 1. The number of carbonyl (C=O) groups excluding carboxylic acids is 1. The number of fused-ring (bicyclic) bond motifs is 1. The van der Waals surface area contributed by atoms with E-state index < -0.39 is 42.1 Å². The van der Waals surface area contributed by atoms with Gasteiger partial charge < -0.3 is 20.3 Å². The Kier molecular flexibility index (Phi) is 8.01. The van der Waals surface area contributed by atoms with Crippen LogP contribution in [0.5, 0.6) is 0 Å². The molecule has 5 atom stereocenters. The number of allylic oxidation sites excluding steroid dienone is 1. The zero-order valence-electron chi connectivity index (χ0n) is 21.4. The second kappa shape index (κ2) is 11.3. The number of carboxylic acid groups (broad SMARTS) is 1. The van der Waals surface area contributed by atoms with Crippen molar-refractivity contribution in [2.75, 3.05) is 26.7 Å². The fraction of sp³-hybridized carbons (Fsp3) is 0.462. The molecule has 3 aliphatic rings. The summed E-state index contributed by atoms with van der Waals surface area (Å²) in [5, 5.41) is 26.2. The Morgan fingerprint density at radius 2 is 2.15 bits per heavy atom. The fourth-order valence-corrected chi connectivity index (χ4v) is 6.61. The van der Waals surface area contributed by atoms with E-state index in [1.54, 1.807) is 36.5 Å². The van der Waals surface area contributed by atoms with Gasteiger partial charge in [-0.1, -0.05) is 23.7 Å². The molecule has 0 spiro atoms. The molecule has 3 aliphatic heterocycles. The number of halogens is 2. The number of hydrogen-bond acceptors (Lipinski definition) is 10. The molecule has 1 aromatic heterocycles. The summed E-state index contributed by atoms with van der Waals surface area (Å²) in [6.45, 7) is 2.68. The Labute approximate surface area is 233 Å². The van der Waals surface area contributed by atoms with Gasteiger partial charge in [-0.05, 0) is 38.8 Å². The van der Waals surface area contributed by atoms with Gasteiger partial charge in [0.25, 0.3) is 0 Å². The number of likely N-dealkylation sites (N-methyl/N-ethyl adjacent to an activating group) is 1. The van der Waals surface area contributed by atoms with Crippen LogP contribution in [-0.2, 0) is 14.3 Å². The van der Waals surface area contributed by atoms with Gasteiger partial charge in [-0.15, -0.1) is 11.3 Å². The molecule has 208 valence electrons. The van der Waals surface area contributed by atoms with E-state index in [1.807, 2.05) is 4.90 Å². The number of benzene rings is 1. The Bertz CT molecular complexity index is 1320. The maximum atomic E-state index is 14.5. The van der Waals surface area contributed by atoms with Crippen LogP contribution in [-0.4, -0.2) is 81.9 Å². The highest BCUT2D eigenvalue weighted by atomic mass is 35.5. The maximum Gasteiger partial charge on any atom is 0.338 e. The van der Waals surface area contributed by atoms with E-state index in [-0.39, 0.29) is 35.1 Å². The largest absolute Gasteiger partial charge is 0.481 e. The number of hydrogen-bond donors (Lipinski definition) is 3.